The summed E-state index contributed by atoms with van der Waals surface area (Å²) >= 11 is 0. The van der Waals surface area contributed by atoms with Crippen LogP contribution in [0.25, 0.3) is 0 Å². The summed E-state index contributed by atoms with van der Waals surface area (Å²) in [7, 11) is 0. The number of urea groups is 1. The van der Waals surface area contributed by atoms with E-state index < -0.39 is 12.0 Å². The molecule has 2 unspecified atom stereocenters. The van der Waals surface area contributed by atoms with Gasteiger partial charge in [0, 0.05) is 31.5 Å². The fourth-order valence-corrected chi connectivity index (χ4v) is 2.34. The van der Waals surface area contributed by atoms with Crippen LogP contribution in [0.2, 0.25) is 0 Å². The number of imidazole rings is 1. The summed E-state index contributed by atoms with van der Waals surface area (Å²) < 4.78 is 7.13. The van der Waals surface area contributed by atoms with Crippen molar-refractivity contribution in [1.29, 1.82) is 0 Å². The fourth-order valence-electron chi connectivity index (χ4n) is 2.34. The summed E-state index contributed by atoms with van der Waals surface area (Å²) in [6.07, 6.45) is 5.08. The Morgan fingerprint density at radius 2 is 2.38 bits per heavy atom. The number of nitrogens with one attached hydrogen (secondary N) is 1. The molecule has 8 heteroatoms. The maximum Gasteiger partial charge on any atom is 0.318 e. The molecule has 2 N–H and O–H groups in total. The predicted molar refractivity (Wildman–Crippen MR) is 73.8 cm³/mol. The number of carbonyl (C=O) groups is 2. The van der Waals surface area contributed by atoms with E-state index in [1.54, 1.807) is 17.4 Å². The van der Waals surface area contributed by atoms with E-state index in [9.17, 15) is 9.59 Å². The standard InChI is InChI=1S/C13H20N4O4/c1-10(7-16-3-2-14-9-16)15-13(20)17-4-5-21-8-11(17)6-12(18)19/h2-3,9-11H,4-8H2,1H3,(H,15,20)(H,18,19). The number of morpholine rings is 1. The Morgan fingerprint density at radius 3 is 3.05 bits per heavy atom. The van der Waals surface area contributed by atoms with Gasteiger partial charge in [0.15, 0.2) is 0 Å². The molecule has 21 heavy (non-hydrogen) atoms. The molecule has 1 fully saturated rings. The molecule has 1 aromatic heterocycles. The number of carboxylic acid groups (broad SMARTS) is 1. The first-order valence-corrected chi connectivity index (χ1v) is 6.88. The molecule has 0 radical (unpaired) electrons. The molecule has 0 spiro atoms. The quantitative estimate of drug-likeness (QED) is 0.806. The van der Waals surface area contributed by atoms with Gasteiger partial charge in [0.25, 0.3) is 0 Å². The average molecular weight is 296 g/mol. The molecule has 116 valence electrons. The van der Waals surface area contributed by atoms with Crippen LogP contribution in [0.15, 0.2) is 18.7 Å². The fraction of sp³-hybridized carbons (Fsp3) is 0.615. The van der Waals surface area contributed by atoms with Crippen LogP contribution in [0.5, 0.6) is 0 Å². The SMILES string of the molecule is CC(Cn1ccnc1)NC(=O)N1CCOCC1CC(=O)O. The van der Waals surface area contributed by atoms with Gasteiger partial charge in [-0.3, -0.25) is 4.79 Å². The van der Waals surface area contributed by atoms with E-state index in [0.29, 0.717) is 19.7 Å². The third kappa shape index (κ3) is 4.45. The maximum absolute atomic E-state index is 12.3. The summed E-state index contributed by atoms with van der Waals surface area (Å²) in [5, 5.41) is 11.8. The lowest BCUT2D eigenvalue weighted by atomic mass is 10.1. The topological polar surface area (TPSA) is 96.7 Å². The molecule has 1 aliphatic rings. The number of rotatable bonds is 5. The zero-order chi connectivity index (χ0) is 15.2. The minimum atomic E-state index is -0.935. The Kier molecular flexibility index (Phi) is 5.15. The van der Waals surface area contributed by atoms with Gasteiger partial charge in [-0.25, -0.2) is 9.78 Å². The van der Waals surface area contributed by atoms with Crippen molar-refractivity contribution in [3.8, 4) is 0 Å². The number of aliphatic carboxylic acids is 1. The number of amides is 2. The second-order valence-electron chi connectivity index (χ2n) is 5.13. The van der Waals surface area contributed by atoms with E-state index in [2.05, 4.69) is 10.3 Å². The number of hydrogen-bond acceptors (Lipinski definition) is 4. The highest BCUT2D eigenvalue weighted by Gasteiger charge is 2.29. The molecule has 1 aliphatic heterocycles. The lowest BCUT2D eigenvalue weighted by molar-refractivity contribution is -0.139. The maximum atomic E-state index is 12.3. The van der Waals surface area contributed by atoms with Gasteiger partial charge in [-0.2, -0.15) is 0 Å². The first-order valence-electron chi connectivity index (χ1n) is 6.88. The van der Waals surface area contributed by atoms with Crippen molar-refractivity contribution >= 4 is 12.0 Å². The number of carboxylic acids is 1. The van der Waals surface area contributed by atoms with Gasteiger partial charge in [0.1, 0.15) is 0 Å². The number of hydrogen-bond donors (Lipinski definition) is 2. The average Bonchev–Trinajstić information content (AvgIpc) is 2.91. The number of ether oxygens (including phenoxy) is 1. The van der Waals surface area contributed by atoms with Crippen molar-refractivity contribution in [2.24, 2.45) is 0 Å². The lowest BCUT2D eigenvalue weighted by Gasteiger charge is -2.35. The monoisotopic (exact) mass is 296 g/mol. The molecular formula is C13H20N4O4. The van der Waals surface area contributed by atoms with Crippen molar-refractivity contribution in [1.82, 2.24) is 19.8 Å². The zero-order valence-electron chi connectivity index (χ0n) is 11.9. The van der Waals surface area contributed by atoms with Crippen LogP contribution in [0.1, 0.15) is 13.3 Å². The normalized spacial score (nSPS) is 20.0. The van der Waals surface area contributed by atoms with Gasteiger partial charge in [-0.1, -0.05) is 0 Å². The van der Waals surface area contributed by atoms with Crippen LogP contribution in [0.3, 0.4) is 0 Å². The highest BCUT2D eigenvalue weighted by Crippen LogP contribution is 2.11. The van der Waals surface area contributed by atoms with E-state index in [1.807, 2.05) is 17.7 Å². The second-order valence-corrected chi connectivity index (χ2v) is 5.13. The highest BCUT2D eigenvalue weighted by molar-refractivity contribution is 5.76. The summed E-state index contributed by atoms with van der Waals surface area (Å²) in [5.74, 6) is -0.935. The molecule has 2 heterocycles. The molecular weight excluding hydrogens is 276 g/mol. The van der Waals surface area contributed by atoms with Gasteiger partial charge >= 0.3 is 12.0 Å². The summed E-state index contributed by atoms with van der Waals surface area (Å²) in [5.41, 5.74) is 0. The van der Waals surface area contributed by atoms with Crippen molar-refractivity contribution in [2.45, 2.75) is 32.0 Å². The van der Waals surface area contributed by atoms with Gasteiger partial charge in [0.05, 0.1) is 32.0 Å². The van der Waals surface area contributed by atoms with E-state index in [4.69, 9.17) is 9.84 Å². The molecule has 0 bridgehead atoms. The highest BCUT2D eigenvalue weighted by atomic mass is 16.5. The Balaban J connectivity index is 1.89. The van der Waals surface area contributed by atoms with E-state index in [-0.39, 0.29) is 25.1 Å². The van der Waals surface area contributed by atoms with Crippen LogP contribution in [0.4, 0.5) is 4.79 Å². The predicted octanol–water partition coefficient (Wildman–Crippen LogP) is 0.157. The van der Waals surface area contributed by atoms with Crippen LogP contribution in [-0.2, 0) is 16.1 Å². The second kappa shape index (κ2) is 7.07. The van der Waals surface area contributed by atoms with Crippen molar-refractivity contribution in [3.63, 3.8) is 0 Å². The van der Waals surface area contributed by atoms with Gasteiger partial charge in [-0.15, -0.1) is 0 Å². The number of carbonyl (C=O) groups excluding carboxylic acids is 1. The van der Waals surface area contributed by atoms with Crippen LogP contribution >= 0.6 is 0 Å². The zero-order valence-corrected chi connectivity index (χ0v) is 11.9. The molecule has 1 aromatic rings. The molecule has 8 nitrogen and oxygen atoms in total. The Labute approximate surface area is 122 Å². The Morgan fingerprint density at radius 1 is 1.57 bits per heavy atom. The molecule has 2 amide bonds. The van der Waals surface area contributed by atoms with Gasteiger partial charge in [0.2, 0.25) is 0 Å². The molecule has 0 aliphatic carbocycles. The molecule has 2 atom stereocenters. The van der Waals surface area contributed by atoms with Crippen LogP contribution in [0, 0.1) is 0 Å². The third-order valence-electron chi connectivity index (χ3n) is 3.31. The lowest BCUT2D eigenvalue weighted by Crippen LogP contribution is -2.54. The number of nitrogens with zero attached hydrogens (tertiary/aromatic N) is 3. The van der Waals surface area contributed by atoms with Crippen molar-refractivity contribution in [3.05, 3.63) is 18.7 Å². The van der Waals surface area contributed by atoms with E-state index >= 15 is 0 Å². The summed E-state index contributed by atoms with van der Waals surface area (Å²) in [6.45, 7) is 3.60. The minimum absolute atomic E-state index is 0.0833. The Bertz CT molecular complexity index is 477. The molecule has 0 saturated carbocycles. The third-order valence-corrected chi connectivity index (χ3v) is 3.31. The van der Waals surface area contributed by atoms with Crippen molar-refractivity contribution < 1.29 is 19.4 Å². The van der Waals surface area contributed by atoms with Crippen LogP contribution in [-0.4, -0.2) is 63.4 Å². The van der Waals surface area contributed by atoms with Crippen LogP contribution < -0.4 is 5.32 Å². The molecule has 1 saturated heterocycles. The minimum Gasteiger partial charge on any atom is -0.481 e. The van der Waals surface area contributed by atoms with Gasteiger partial charge in [-0.05, 0) is 6.92 Å². The van der Waals surface area contributed by atoms with E-state index in [0.717, 1.165) is 0 Å². The number of aromatic nitrogens is 2. The first-order chi connectivity index (χ1) is 10.1. The largest absolute Gasteiger partial charge is 0.481 e. The van der Waals surface area contributed by atoms with Crippen molar-refractivity contribution in [2.75, 3.05) is 19.8 Å². The molecule has 2 rings (SSSR count). The first kappa shape index (κ1) is 15.3. The smallest absolute Gasteiger partial charge is 0.318 e. The summed E-state index contributed by atoms with van der Waals surface area (Å²) in [4.78, 5) is 28.6. The molecule has 0 aromatic carbocycles. The van der Waals surface area contributed by atoms with Gasteiger partial charge < -0.3 is 24.6 Å². The Hall–Kier alpha value is -2.09. The summed E-state index contributed by atoms with van der Waals surface area (Å²) in [6, 6.07) is -0.756. The van der Waals surface area contributed by atoms with E-state index in [1.165, 1.54) is 0 Å².